The van der Waals surface area contributed by atoms with Crippen molar-refractivity contribution < 1.29 is 9.47 Å². The molecule has 4 nitrogen and oxygen atoms in total. The largest absolute Gasteiger partial charge is 0.478 e. The van der Waals surface area contributed by atoms with Gasteiger partial charge in [0.25, 0.3) is 0 Å². The van der Waals surface area contributed by atoms with Gasteiger partial charge in [0, 0.05) is 0 Å². The van der Waals surface area contributed by atoms with Crippen molar-refractivity contribution in [2.75, 3.05) is 13.2 Å². The van der Waals surface area contributed by atoms with Crippen LogP contribution in [0.25, 0.3) is 5.69 Å². The molecule has 0 bridgehead atoms. The van der Waals surface area contributed by atoms with Gasteiger partial charge >= 0.3 is 6.01 Å². The Bertz CT molecular complexity index is 442. The van der Waals surface area contributed by atoms with Gasteiger partial charge in [-0.3, -0.25) is 0 Å². The van der Waals surface area contributed by atoms with Gasteiger partial charge in [-0.15, -0.1) is 0 Å². The molecule has 1 aromatic heterocycles. The molecule has 90 valence electrons. The molecule has 0 amide bonds. The number of aromatic nitrogens is 2. The lowest BCUT2D eigenvalue weighted by molar-refractivity contribution is 0.288. The van der Waals surface area contributed by atoms with E-state index < -0.39 is 0 Å². The summed E-state index contributed by atoms with van der Waals surface area (Å²) in [5.41, 5.74) is 0.983. The molecule has 0 N–H and O–H groups in total. The molecule has 2 aromatic rings. The summed E-state index contributed by atoms with van der Waals surface area (Å²) in [5, 5.41) is 0. The minimum Gasteiger partial charge on any atom is -0.478 e. The third-order valence-corrected chi connectivity index (χ3v) is 2.28. The zero-order chi connectivity index (χ0) is 12.1. The Labute approximate surface area is 101 Å². The lowest BCUT2D eigenvalue weighted by atomic mass is 10.3. The molecule has 0 aliphatic heterocycles. The van der Waals surface area contributed by atoms with Crippen molar-refractivity contribution in [2.45, 2.75) is 13.8 Å². The highest BCUT2D eigenvalue weighted by Gasteiger charge is 2.13. The Hall–Kier alpha value is -1.97. The zero-order valence-electron chi connectivity index (χ0n) is 10.1. The molecule has 1 heterocycles. The van der Waals surface area contributed by atoms with E-state index in [0.717, 1.165) is 5.69 Å². The molecule has 0 unspecified atom stereocenters. The van der Waals surface area contributed by atoms with E-state index in [1.165, 1.54) is 0 Å². The molecule has 0 radical (unpaired) electrons. The zero-order valence-corrected chi connectivity index (χ0v) is 10.1. The van der Waals surface area contributed by atoms with Crippen molar-refractivity contribution >= 4 is 0 Å². The van der Waals surface area contributed by atoms with Gasteiger partial charge in [0.05, 0.1) is 25.1 Å². The third kappa shape index (κ3) is 2.41. The smallest absolute Gasteiger partial charge is 0.303 e. The number of nitrogens with zero attached hydrogens (tertiary/aromatic N) is 2. The van der Waals surface area contributed by atoms with Crippen molar-refractivity contribution in [3.05, 3.63) is 36.5 Å². The molecular weight excluding hydrogens is 216 g/mol. The summed E-state index contributed by atoms with van der Waals surface area (Å²) in [6, 6.07) is 10.5. The normalized spacial score (nSPS) is 10.2. The summed E-state index contributed by atoms with van der Waals surface area (Å²) in [7, 11) is 0. The van der Waals surface area contributed by atoms with Gasteiger partial charge in [0.2, 0.25) is 5.88 Å². The average Bonchev–Trinajstić information content (AvgIpc) is 2.74. The lowest BCUT2D eigenvalue weighted by Gasteiger charge is -2.11. The van der Waals surface area contributed by atoms with Crippen LogP contribution in [-0.4, -0.2) is 22.8 Å². The van der Waals surface area contributed by atoms with E-state index in [9.17, 15) is 0 Å². The van der Waals surface area contributed by atoms with Crippen LogP contribution in [0.4, 0.5) is 0 Å². The quantitative estimate of drug-likeness (QED) is 0.795. The lowest BCUT2D eigenvalue weighted by Crippen LogP contribution is -2.04. The fourth-order valence-electron chi connectivity index (χ4n) is 1.62. The summed E-state index contributed by atoms with van der Waals surface area (Å²) < 4.78 is 12.9. The van der Waals surface area contributed by atoms with Crippen LogP contribution in [0.3, 0.4) is 0 Å². The van der Waals surface area contributed by atoms with Crippen molar-refractivity contribution in [3.8, 4) is 17.6 Å². The standard InChI is InChI=1S/C13H16N2O2/c1-3-16-12-10-14-13(17-4-2)15(12)11-8-6-5-7-9-11/h5-10H,3-4H2,1-2H3. The van der Waals surface area contributed by atoms with Crippen molar-refractivity contribution in [1.82, 2.24) is 9.55 Å². The molecule has 0 atom stereocenters. The van der Waals surface area contributed by atoms with Crippen molar-refractivity contribution in [1.29, 1.82) is 0 Å². The highest BCUT2D eigenvalue weighted by atomic mass is 16.5. The summed E-state index contributed by atoms with van der Waals surface area (Å²) in [6.45, 7) is 5.06. The number of hydrogen-bond donors (Lipinski definition) is 0. The highest BCUT2D eigenvalue weighted by molar-refractivity contribution is 5.39. The van der Waals surface area contributed by atoms with Crippen molar-refractivity contribution in [2.24, 2.45) is 0 Å². The molecule has 4 heteroatoms. The molecule has 17 heavy (non-hydrogen) atoms. The number of imidazole rings is 1. The van der Waals surface area contributed by atoms with E-state index in [0.29, 0.717) is 25.1 Å². The first-order chi connectivity index (χ1) is 8.36. The van der Waals surface area contributed by atoms with Crippen LogP contribution in [0.2, 0.25) is 0 Å². The molecule has 0 saturated carbocycles. The first-order valence-electron chi connectivity index (χ1n) is 5.75. The second-order valence-electron chi connectivity index (χ2n) is 3.42. The van der Waals surface area contributed by atoms with Gasteiger partial charge in [-0.2, -0.15) is 4.98 Å². The molecule has 0 aliphatic rings. The summed E-state index contributed by atoms with van der Waals surface area (Å²) in [6.07, 6.45) is 1.68. The van der Waals surface area contributed by atoms with E-state index >= 15 is 0 Å². The first kappa shape index (κ1) is 11.5. The molecule has 1 aromatic carbocycles. The van der Waals surface area contributed by atoms with Crippen LogP contribution < -0.4 is 9.47 Å². The predicted octanol–water partition coefficient (Wildman–Crippen LogP) is 2.67. The number of ether oxygens (including phenoxy) is 2. The monoisotopic (exact) mass is 232 g/mol. The predicted molar refractivity (Wildman–Crippen MR) is 65.9 cm³/mol. The van der Waals surface area contributed by atoms with Crippen molar-refractivity contribution in [3.63, 3.8) is 0 Å². The van der Waals surface area contributed by atoms with E-state index in [-0.39, 0.29) is 0 Å². The summed E-state index contributed by atoms with van der Waals surface area (Å²) in [4.78, 5) is 4.22. The van der Waals surface area contributed by atoms with Gasteiger partial charge in [0.15, 0.2) is 0 Å². The Morgan fingerprint density at radius 2 is 1.76 bits per heavy atom. The average molecular weight is 232 g/mol. The maximum absolute atomic E-state index is 5.54. The minimum absolute atomic E-state index is 0.558. The molecule has 0 aliphatic carbocycles. The number of hydrogen-bond acceptors (Lipinski definition) is 3. The van der Waals surface area contributed by atoms with Crippen LogP contribution in [0.5, 0.6) is 11.9 Å². The van der Waals surface area contributed by atoms with E-state index in [1.54, 1.807) is 6.20 Å². The number of benzene rings is 1. The minimum atomic E-state index is 0.558. The van der Waals surface area contributed by atoms with Gasteiger partial charge in [0.1, 0.15) is 0 Å². The SMILES string of the molecule is CCOc1cnc(OCC)n1-c1ccccc1. The van der Waals surface area contributed by atoms with E-state index in [2.05, 4.69) is 4.98 Å². The molecule has 0 fully saturated rings. The Balaban J connectivity index is 2.44. The van der Waals surface area contributed by atoms with E-state index in [4.69, 9.17) is 9.47 Å². The Morgan fingerprint density at radius 3 is 2.41 bits per heavy atom. The topological polar surface area (TPSA) is 36.3 Å². The number of para-hydroxylation sites is 1. The van der Waals surface area contributed by atoms with Crippen LogP contribution >= 0.6 is 0 Å². The molecular formula is C13H16N2O2. The van der Waals surface area contributed by atoms with Crippen LogP contribution in [0.1, 0.15) is 13.8 Å². The maximum Gasteiger partial charge on any atom is 0.303 e. The van der Waals surface area contributed by atoms with Crippen LogP contribution in [-0.2, 0) is 0 Å². The summed E-state index contributed by atoms with van der Waals surface area (Å²) in [5.74, 6) is 0.696. The van der Waals surface area contributed by atoms with Crippen LogP contribution in [0, 0.1) is 0 Å². The molecule has 2 rings (SSSR count). The molecule has 0 spiro atoms. The maximum atomic E-state index is 5.54. The first-order valence-corrected chi connectivity index (χ1v) is 5.75. The number of rotatable bonds is 5. The van der Waals surface area contributed by atoms with Gasteiger partial charge < -0.3 is 9.47 Å². The molecule has 0 saturated heterocycles. The second kappa shape index (κ2) is 5.39. The van der Waals surface area contributed by atoms with Gasteiger partial charge in [-0.05, 0) is 26.0 Å². The second-order valence-corrected chi connectivity index (χ2v) is 3.42. The Kier molecular flexibility index (Phi) is 3.65. The fraction of sp³-hybridized carbons (Fsp3) is 0.308. The van der Waals surface area contributed by atoms with E-state index in [1.807, 2.05) is 48.7 Å². The highest BCUT2D eigenvalue weighted by Crippen LogP contribution is 2.25. The van der Waals surface area contributed by atoms with Crippen LogP contribution in [0.15, 0.2) is 36.5 Å². The fourth-order valence-corrected chi connectivity index (χ4v) is 1.62. The third-order valence-electron chi connectivity index (χ3n) is 2.28. The van der Waals surface area contributed by atoms with Gasteiger partial charge in [-0.1, -0.05) is 18.2 Å². The van der Waals surface area contributed by atoms with Gasteiger partial charge in [-0.25, -0.2) is 4.57 Å². The Morgan fingerprint density at radius 1 is 1.06 bits per heavy atom. The summed E-state index contributed by atoms with van der Waals surface area (Å²) >= 11 is 0.